The number of rotatable bonds is 4. The van der Waals surface area contributed by atoms with Gasteiger partial charge in [-0.15, -0.1) is 0 Å². The van der Waals surface area contributed by atoms with Crippen molar-refractivity contribution in [1.29, 1.82) is 0 Å². The minimum Gasteiger partial charge on any atom is -0.474 e. The zero-order valence-corrected chi connectivity index (χ0v) is 10.0. The third-order valence-electron chi connectivity index (χ3n) is 1.63. The van der Waals surface area contributed by atoms with Gasteiger partial charge in [0.1, 0.15) is 11.6 Å². The van der Waals surface area contributed by atoms with Crippen LogP contribution in [0.15, 0.2) is 6.07 Å². The molecule has 6 heteroatoms. The van der Waals surface area contributed by atoms with Crippen molar-refractivity contribution in [1.82, 2.24) is 4.98 Å². The third-order valence-corrected chi connectivity index (χ3v) is 2.18. The molecular weight excluding hydrogens is 239 g/mol. The first-order valence-corrected chi connectivity index (χ1v) is 5.09. The van der Waals surface area contributed by atoms with E-state index in [9.17, 15) is 0 Å². The fraction of sp³-hybridized carbons (Fsp3) is 0.444. The lowest BCUT2D eigenvalue weighted by atomic mass is 10.4. The number of aliphatic hydroxyl groups is 1. The van der Waals surface area contributed by atoms with Gasteiger partial charge in [-0.2, -0.15) is 4.98 Å². The minimum absolute atomic E-state index is 0.0854. The maximum absolute atomic E-state index is 8.62. The molecule has 0 unspecified atom stereocenters. The van der Waals surface area contributed by atoms with Crippen molar-refractivity contribution in [2.24, 2.45) is 0 Å². The summed E-state index contributed by atoms with van der Waals surface area (Å²) < 4.78 is 5.15. The van der Waals surface area contributed by atoms with E-state index in [0.29, 0.717) is 15.9 Å². The van der Waals surface area contributed by atoms with Gasteiger partial charge in [-0.05, 0) is 6.07 Å². The van der Waals surface area contributed by atoms with Crippen LogP contribution in [0.1, 0.15) is 0 Å². The second-order valence-electron chi connectivity index (χ2n) is 3.05. The predicted molar refractivity (Wildman–Crippen MR) is 61.2 cm³/mol. The van der Waals surface area contributed by atoms with E-state index in [1.165, 1.54) is 0 Å². The van der Waals surface area contributed by atoms with Crippen molar-refractivity contribution >= 4 is 29.0 Å². The topological polar surface area (TPSA) is 45.6 Å². The molecule has 1 aromatic rings. The van der Waals surface area contributed by atoms with Crippen LogP contribution in [0.3, 0.4) is 0 Å². The number of hydrogen-bond acceptors (Lipinski definition) is 4. The van der Waals surface area contributed by atoms with E-state index in [2.05, 4.69) is 4.98 Å². The Kier molecular flexibility index (Phi) is 4.45. The number of halogens is 2. The van der Waals surface area contributed by atoms with Crippen molar-refractivity contribution in [3.05, 3.63) is 16.1 Å². The second kappa shape index (κ2) is 5.39. The molecule has 1 heterocycles. The minimum atomic E-state index is -0.0854. The van der Waals surface area contributed by atoms with Crippen LogP contribution < -0.4 is 9.64 Å². The van der Waals surface area contributed by atoms with Crippen LogP contribution >= 0.6 is 23.2 Å². The normalized spacial score (nSPS) is 10.2. The van der Waals surface area contributed by atoms with E-state index in [1.807, 2.05) is 14.1 Å². The first kappa shape index (κ1) is 12.4. The Labute approximate surface area is 98.4 Å². The highest BCUT2D eigenvalue weighted by molar-refractivity contribution is 6.36. The summed E-state index contributed by atoms with van der Waals surface area (Å²) in [6.45, 7) is 0.0686. The van der Waals surface area contributed by atoms with Crippen molar-refractivity contribution in [3.8, 4) is 5.88 Å². The third kappa shape index (κ3) is 3.12. The Morgan fingerprint density at radius 3 is 2.60 bits per heavy atom. The summed E-state index contributed by atoms with van der Waals surface area (Å²) in [7, 11) is 3.63. The molecule has 0 amide bonds. The molecule has 0 aliphatic heterocycles. The molecule has 0 bridgehead atoms. The lowest BCUT2D eigenvalue weighted by molar-refractivity contribution is 0.197. The summed E-state index contributed by atoms with van der Waals surface area (Å²) in [6, 6.07) is 1.57. The Balaban J connectivity index is 3.00. The van der Waals surface area contributed by atoms with Crippen molar-refractivity contribution in [2.75, 3.05) is 32.2 Å². The molecule has 0 atom stereocenters. The summed E-state index contributed by atoms with van der Waals surface area (Å²) in [4.78, 5) is 5.89. The van der Waals surface area contributed by atoms with Crippen LogP contribution in [0.4, 0.5) is 5.82 Å². The molecule has 1 N–H and O–H groups in total. The largest absolute Gasteiger partial charge is 0.474 e. The highest BCUT2D eigenvalue weighted by Crippen LogP contribution is 2.31. The second-order valence-corrected chi connectivity index (χ2v) is 3.86. The van der Waals surface area contributed by atoms with Gasteiger partial charge in [-0.1, -0.05) is 23.2 Å². The van der Waals surface area contributed by atoms with Gasteiger partial charge in [-0.25, -0.2) is 0 Å². The summed E-state index contributed by atoms with van der Waals surface area (Å²) in [5, 5.41) is 9.41. The van der Waals surface area contributed by atoms with Gasteiger partial charge < -0.3 is 14.7 Å². The van der Waals surface area contributed by atoms with Gasteiger partial charge in [0.15, 0.2) is 5.82 Å². The Bertz CT molecular complexity index is 345. The Hall–Kier alpha value is -0.710. The molecule has 0 spiro atoms. The monoisotopic (exact) mass is 250 g/mol. The highest BCUT2D eigenvalue weighted by atomic mass is 35.5. The molecule has 0 aromatic carbocycles. The number of aromatic nitrogens is 1. The number of pyridine rings is 1. The molecule has 1 rings (SSSR count). The van der Waals surface area contributed by atoms with Gasteiger partial charge in [0.05, 0.1) is 11.6 Å². The maximum Gasteiger partial charge on any atom is 0.234 e. The summed E-state index contributed by atoms with van der Waals surface area (Å²) >= 11 is 11.8. The number of aliphatic hydroxyl groups excluding tert-OH is 1. The van der Waals surface area contributed by atoms with Gasteiger partial charge in [-0.3, -0.25) is 0 Å². The Morgan fingerprint density at radius 1 is 1.40 bits per heavy atom. The van der Waals surface area contributed by atoms with E-state index >= 15 is 0 Å². The van der Waals surface area contributed by atoms with Gasteiger partial charge in [0.2, 0.25) is 5.88 Å². The molecule has 0 saturated heterocycles. The smallest absolute Gasteiger partial charge is 0.234 e. The molecule has 4 nitrogen and oxygen atoms in total. The molecule has 15 heavy (non-hydrogen) atoms. The first-order chi connectivity index (χ1) is 7.06. The standard InChI is InChI=1S/C9H12Cl2N2O2/c1-13(2)8-6(10)5-7(11)9(12-8)15-4-3-14/h5,14H,3-4H2,1-2H3. The SMILES string of the molecule is CN(C)c1nc(OCCO)c(Cl)cc1Cl. The molecule has 1 aromatic heterocycles. The van der Waals surface area contributed by atoms with Gasteiger partial charge >= 0.3 is 0 Å². The van der Waals surface area contributed by atoms with Crippen molar-refractivity contribution in [3.63, 3.8) is 0 Å². The van der Waals surface area contributed by atoms with Gasteiger partial charge in [0, 0.05) is 14.1 Å². The number of ether oxygens (including phenoxy) is 1. The lowest BCUT2D eigenvalue weighted by Crippen LogP contribution is -2.12. The van der Waals surface area contributed by atoms with E-state index in [1.54, 1.807) is 11.0 Å². The quantitative estimate of drug-likeness (QED) is 0.886. The van der Waals surface area contributed by atoms with Crippen LogP contribution in [0.25, 0.3) is 0 Å². The average Bonchev–Trinajstić information content (AvgIpc) is 2.16. The average molecular weight is 251 g/mol. The van der Waals surface area contributed by atoms with E-state index in [-0.39, 0.29) is 19.1 Å². The van der Waals surface area contributed by atoms with Crippen molar-refractivity contribution in [2.45, 2.75) is 0 Å². The van der Waals surface area contributed by atoms with Crippen LogP contribution in [0.5, 0.6) is 5.88 Å². The predicted octanol–water partition coefficient (Wildman–Crippen LogP) is 1.83. The van der Waals surface area contributed by atoms with Crippen LogP contribution in [0.2, 0.25) is 10.0 Å². The zero-order valence-electron chi connectivity index (χ0n) is 8.50. The Morgan fingerprint density at radius 2 is 2.07 bits per heavy atom. The molecular formula is C9H12Cl2N2O2. The van der Waals surface area contributed by atoms with Crippen LogP contribution in [-0.4, -0.2) is 37.4 Å². The van der Waals surface area contributed by atoms with E-state index < -0.39 is 0 Å². The fourth-order valence-corrected chi connectivity index (χ4v) is 1.58. The highest BCUT2D eigenvalue weighted by Gasteiger charge is 2.11. The lowest BCUT2D eigenvalue weighted by Gasteiger charge is -2.15. The number of anilines is 1. The maximum atomic E-state index is 8.62. The van der Waals surface area contributed by atoms with Gasteiger partial charge in [0.25, 0.3) is 0 Å². The summed E-state index contributed by atoms with van der Waals surface area (Å²) in [6.07, 6.45) is 0. The summed E-state index contributed by atoms with van der Waals surface area (Å²) in [5.41, 5.74) is 0. The molecule has 0 aliphatic carbocycles. The summed E-state index contributed by atoms with van der Waals surface area (Å²) in [5.74, 6) is 0.854. The molecule has 0 fully saturated rings. The molecule has 0 saturated carbocycles. The van der Waals surface area contributed by atoms with E-state index in [0.717, 1.165) is 0 Å². The molecule has 0 aliphatic rings. The molecule has 0 radical (unpaired) electrons. The van der Waals surface area contributed by atoms with Crippen LogP contribution in [0, 0.1) is 0 Å². The van der Waals surface area contributed by atoms with Crippen molar-refractivity contribution < 1.29 is 9.84 Å². The van der Waals surface area contributed by atoms with E-state index in [4.69, 9.17) is 33.0 Å². The number of hydrogen-bond donors (Lipinski definition) is 1. The zero-order chi connectivity index (χ0) is 11.4. The van der Waals surface area contributed by atoms with Crippen LogP contribution in [-0.2, 0) is 0 Å². The number of nitrogens with zero attached hydrogens (tertiary/aromatic N) is 2. The first-order valence-electron chi connectivity index (χ1n) is 4.33. The fourth-order valence-electron chi connectivity index (χ4n) is 0.998. The molecule has 84 valence electrons.